The number of nitriles is 1. The highest BCUT2D eigenvalue weighted by Gasteiger charge is 2.40. The van der Waals surface area contributed by atoms with Crippen molar-refractivity contribution in [3.8, 4) is 6.07 Å². The van der Waals surface area contributed by atoms with Crippen molar-refractivity contribution in [2.75, 3.05) is 18.0 Å². The predicted octanol–water partition coefficient (Wildman–Crippen LogP) is 2.37. The Hall–Kier alpha value is -2.88. The maximum atomic E-state index is 12.3. The third kappa shape index (κ3) is 2.54. The molecular weight excluding hydrogens is 318 g/mol. The molecule has 7 nitrogen and oxygen atoms in total. The molecule has 2 aliphatic rings. The van der Waals surface area contributed by atoms with Gasteiger partial charge in [0, 0.05) is 18.5 Å². The van der Waals surface area contributed by atoms with Gasteiger partial charge in [-0.15, -0.1) is 0 Å². The molecular formula is C18H19N5O2. The summed E-state index contributed by atoms with van der Waals surface area (Å²) in [5, 5.41) is 22.1. The van der Waals surface area contributed by atoms with Crippen molar-refractivity contribution < 1.29 is 5.21 Å². The minimum Gasteiger partial charge on any atom is -0.411 e. The Morgan fingerprint density at radius 2 is 2.12 bits per heavy atom. The van der Waals surface area contributed by atoms with E-state index in [4.69, 9.17) is 5.21 Å². The van der Waals surface area contributed by atoms with E-state index in [0.717, 1.165) is 31.3 Å². The van der Waals surface area contributed by atoms with Crippen LogP contribution in [0.5, 0.6) is 0 Å². The minimum atomic E-state index is -0.390. The molecule has 4 rings (SSSR count). The molecule has 0 amide bonds. The van der Waals surface area contributed by atoms with Gasteiger partial charge < -0.3 is 15.1 Å². The van der Waals surface area contributed by atoms with Crippen LogP contribution >= 0.6 is 0 Å². The highest BCUT2D eigenvalue weighted by atomic mass is 16.4. The van der Waals surface area contributed by atoms with Gasteiger partial charge in [-0.2, -0.15) is 5.26 Å². The molecule has 1 aliphatic heterocycles. The number of hydrogen-bond donors (Lipinski definition) is 2. The second-order valence-corrected chi connectivity index (χ2v) is 7.03. The van der Waals surface area contributed by atoms with Crippen LogP contribution in [0.25, 0.3) is 10.9 Å². The molecule has 1 spiro atoms. The fourth-order valence-corrected chi connectivity index (χ4v) is 4.14. The van der Waals surface area contributed by atoms with E-state index >= 15 is 0 Å². The van der Waals surface area contributed by atoms with E-state index in [1.807, 2.05) is 0 Å². The fourth-order valence-electron chi connectivity index (χ4n) is 4.14. The van der Waals surface area contributed by atoms with Gasteiger partial charge in [0.25, 0.3) is 5.56 Å². The lowest BCUT2D eigenvalue weighted by molar-refractivity contribution is 0.0956. The van der Waals surface area contributed by atoms with Gasteiger partial charge in [-0.3, -0.25) is 9.78 Å². The average molecular weight is 337 g/mol. The summed E-state index contributed by atoms with van der Waals surface area (Å²) >= 11 is 0. The molecule has 2 N–H and O–H groups in total. The van der Waals surface area contributed by atoms with E-state index in [9.17, 15) is 10.1 Å². The van der Waals surface area contributed by atoms with Crippen LogP contribution in [0.3, 0.4) is 0 Å². The van der Waals surface area contributed by atoms with Gasteiger partial charge in [0.15, 0.2) is 0 Å². The van der Waals surface area contributed by atoms with E-state index in [1.54, 1.807) is 6.07 Å². The van der Waals surface area contributed by atoms with E-state index in [0.29, 0.717) is 22.3 Å². The highest BCUT2D eigenvalue weighted by Crippen LogP contribution is 2.49. The molecule has 0 atom stereocenters. The van der Waals surface area contributed by atoms with Crippen molar-refractivity contribution >= 4 is 22.8 Å². The van der Waals surface area contributed by atoms with Gasteiger partial charge in [-0.1, -0.05) is 11.6 Å². The first-order valence-corrected chi connectivity index (χ1v) is 8.54. The monoisotopic (exact) mass is 337 g/mol. The van der Waals surface area contributed by atoms with Crippen molar-refractivity contribution in [1.29, 1.82) is 5.26 Å². The second kappa shape index (κ2) is 5.88. The Balaban J connectivity index is 1.83. The zero-order chi connectivity index (χ0) is 17.4. The van der Waals surface area contributed by atoms with Crippen LogP contribution < -0.4 is 10.5 Å². The largest absolute Gasteiger partial charge is 0.411 e. The first-order chi connectivity index (χ1) is 12.2. The van der Waals surface area contributed by atoms with E-state index in [2.05, 4.69) is 26.1 Å². The standard InChI is InChI=1S/C18H19N5O2/c19-9-14-16(23-6-4-18(5-7-23)2-1-3-18)13-8-12(10-21-25)20-11-15(13)22-17(14)24/h8,10-11,25H,1-7H2,(H,22,24). The number of piperidine rings is 1. The maximum absolute atomic E-state index is 12.3. The molecule has 0 radical (unpaired) electrons. The average Bonchev–Trinajstić information content (AvgIpc) is 2.60. The number of aromatic amines is 1. The summed E-state index contributed by atoms with van der Waals surface area (Å²) in [5.41, 5.74) is 1.95. The SMILES string of the molecule is N#Cc1c(N2CCC3(CCC3)CC2)c2cc(C=NO)ncc2[nH]c1=O. The molecule has 25 heavy (non-hydrogen) atoms. The molecule has 2 aromatic heterocycles. The Morgan fingerprint density at radius 1 is 1.36 bits per heavy atom. The first-order valence-electron chi connectivity index (χ1n) is 8.54. The van der Waals surface area contributed by atoms with Crippen molar-refractivity contribution in [1.82, 2.24) is 9.97 Å². The smallest absolute Gasteiger partial charge is 0.268 e. The lowest BCUT2D eigenvalue weighted by Crippen LogP contribution is -2.44. The van der Waals surface area contributed by atoms with Crippen molar-refractivity contribution in [3.63, 3.8) is 0 Å². The van der Waals surface area contributed by atoms with E-state index < -0.39 is 0 Å². The summed E-state index contributed by atoms with van der Waals surface area (Å²) in [7, 11) is 0. The van der Waals surface area contributed by atoms with Gasteiger partial charge in [-0.25, -0.2) is 0 Å². The third-order valence-electron chi connectivity index (χ3n) is 5.75. The lowest BCUT2D eigenvalue weighted by atomic mass is 9.63. The van der Waals surface area contributed by atoms with Gasteiger partial charge in [0.05, 0.1) is 29.3 Å². The van der Waals surface area contributed by atoms with Crippen molar-refractivity contribution in [3.05, 3.63) is 33.9 Å². The summed E-state index contributed by atoms with van der Waals surface area (Å²) in [6.07, 6.45) is 8.87. The summed E-state index contributed by atoms with van der Waals surface area (Å²) in [4.78, 5) is 21.4. The van der Waals surface area contributed by atoms with Gasteiger partial charge >= 0.3 is 0 Å². The zero-order valence-corrected chi connectivity index (χ0v) is 13.8. The molecule has 3 heterocycles. The van der Waals surface area contributed by atoms with Gasteiger partial charge in [0.2, 0.25) is 0 Å². The topological polar surface area (TPSA) is 105 Å². The van der Waals surface area contributed by atoms with E-state index in [-0.39, 0.29) is 11.1 Å². The first kappa shape index (κ1) is 15.6. The van der Waals surface area contributed by atoms with Crippen LogP contribution in [0, 0.1) is 16.7 Å². The van der Waals surface area contributed by atoms with E-state index in [1.165, 1.54) is 31.7 Å². The van der Waals surface area contributed by atoms with Crippen molar-refractivity contribution in [2.45, 2.75) is 32.1 Å². The number of nitrogens with zero attached hydrogens (tertiary/aromatic N) is 4. The number of oxime groups is 1. The number of nitrogens with one attached hydrogen (secondary N) is 1. The number of aromatic nitrogens is 2. The Morgan fingerprint density at radius 3 is 2.72 bits per heavy atom. The van der Waals surface area contributed by atoms with Crippen LogP contribution in [0.4, 0.5) is 5.69 Å². The predicted molar refractivity (Wildman–Crippen MR) is 94.2 cm³/mol. The number of hydrogen-bond acceptors (Lipinski definition) is 6. The van der Waals surface area contributed by atoms with Crippen molar-refractivity contribution in [2.24, 2.45) is 10.6 Å². The molecule has 1 saturated heterocycles. The van der Waals surface area contributed by atoms with Crippen LogP contribution in [0.2, 0.25) is 0 Å². The fraction of sp³-hybridized carbons (Fsp3) is 0.444. The molecule has 0 bridgehead atoms. The third-order valence-corrected chi connectivity index (χ3v) is 5.75. The number of H-pyrrole nitrogens is 1. The molecule has 2 aromatic rings. The lowest BCUT2D eigenvalue weighted by Gasteiger charge is -2.48. The molecule has 128 valence electrons. The highest BCUT2D eigenvalue weighted by molar-refractivity contribution is 5.96. The van der Waals surface area contributed by atoms with Crippen LogP contribution in [-0.2, 0) is 0 Å². The molecule has 7 heteroatoms. The Kier molecular flexibility index (Phi) is 3.68. The number of anilines is 1. The van der Waals surface area contributed by atoms with Gasteiger partial charge in [-0.05, 0) is 37.2 Å². The summed E-state index contributed by atoms with van der Waals surface area (Å²) < 4.78 is 0. The molecule has 2 fully saturated rings. The minimum absolute atomic E-state index is 0.134. The zero-order valence-electron chi connectivity index (χ0n) is 13.8. The number of pyridine rings is 2. The molecule has 0 aromatic carbocycles. The van der Waals surface area contributed by atoms with Crippen LogP contribution in [0.1, 0.15) is 43.4 Å². The summed E-state index contributed by atoms with van der Waals surface area (Å²) in [5.74, 6) is 0. The number of fused-ring (bicyclic) bond motifs is 1. The van der Waals surface area contributed by atoms with Crippen LogP contribution in [0.15, 0.2) is 22.2 Å². The molecule has 1 aliphatic carbocycles. The Labute approximate surface area is 144 Å². The number of rotatable bonds is 2. The quantitative estimate of drug-likeness (QED) is 0.497. The molecule has 0 unspecified atom stereocenters. The van der Waals surface area contributed by atoms with Gasteiger partial charge in [0.1, 0.15) is 11.6 Å². The summed E-state index contributed by atoms with van der Waals surface area (Å²) in [6.45, 7) is 1.69. The molecule has 1 saturated carbocycles. The maximum Gasteiger partial charge on any atom is 0.268 e. The van der Waals surface area contributed by atoms with Crippen LogP contribution in [-0.4, -0.2) is 34.5 Å². The Bertz CT molecular complexity index is 942. The normalized spacial score (nSPS) is 19.2. The summed E-state index contributed by atoms with van der Waals surface area (Å²) in [6, 6.07) is 3.81. The second-order valence-electron chi connectivity index (χ2n) is 7.03.